The molecule has 0 bridgehead atoms. The van der Waals surface area contributed by atoms with Gasteiger partial charge in [-0.3, -0.25) is 0 Å². The van der Waals surface area contributed by atoms with E-state index in [1.54, 1.807) is 18.2 Å². The number of imidazole rings is 1. The zero-order chi connectivity index (χ0) is 12.6. The maximum Gasteiger partial charge on any atom is 0.211 e. The van der Waals surface area contributed by atoms with E-state index in [9.17, 15) is 8.42 Å². The van der Waals surface area contributed by atoms with E-state index in [1.807, 2.05) is 0 Å². The van der Waals surface area contributed by atoms with Crippen LogP contribution in [-0.2, 0) is 16.6 Å². The Bertz CT molecular complexity index is 651. The number of H-pyrrole nitrogens is 1. The summed E-state index contributed by atoms with van der Waals surface area (Å²) in [4.78, 5) is 7.32. The van der Waals surface area contributed by atoms with Gasteiger partial charge < -0.3 is 4.98 Å². The molecule has 1 aromatic carbocycles. The summed E-state index contributed by atoms with van der Waals surface area (Å²) in [5.41, 5.74) is 1.57. The fourth-order valence-corrected chi connectivity index (χ4v) is 1.97. The third-order valence-corrected chi connectivity index (χ3v) is 3.93. The van der Waals surface area contributed by atoms with Gasteiger partial charge in [0.25, 0.3) is 0 Å². The highest BCUT2D eigenvalue weighted by Gasteiger charge is 2.13. The van der Waals surface area contributed by atoms with Crippen LogP contribution < -0.4 is 0 Å². The lowest BCUT2D eigenvalue weighted by molar-refractivity contribution is 0.464. The molecule has 0 aliphatic rings. The molecule has 17 heavy (non-hydrogen) atoms. The van der Waals surface area contributed by atoms with E-state index < -0.39 is 10.0 Å². The molecule has 0 atom stereocenters. The average Bonchev–Trinajstić information content (AvgIpc) is 2.57. The highest BCUT2D eigenvalue weighted by molar-refractivity contribution is 7.88. The van der Waals surface area contributed by atoms with Crippen molar-refractivity contribution < 1.29 is 8.42 Å². The van der Waals surface area contributed by atoms with Crippen molar-refractivity contribution in [2.75, 3.05) is 13.3 Å². The van der Waals surface area contributed by atoms with Crippen LogP contribution in [0.5, 0.6) is 0 Å². The number of hydrogen-bond acceptors (Lipinski definition) is 3. The summed E-state index contributed by atoms with van der Waals surface area (Å²) in [5.74, 6) is 0.593. The van der Waals surface area contributed by atoms with Crippen molar-refractivity contribution in [2.45, 2.75) is 6.54 Å². The summed E-state index contributed by atoms with van der Waals surface area (Å²) in [6.45, 7) is 0.213. The molecule has 0 saturated heterocycles. The Morgan fingerprint density at radius 1 is 1.47 bits per heavy atom. The molecule has 1 N–H and O–H groups in total. The first-order valence-electron chi connectivity index (χ1n) is 4.92. The van der Waals surface area contributed by atoms with E-state index in [4.69, 9.17) is 11.6 Å². The molecule has 5 nitrogen and oxygen atoms in total. The number of sulfonamides is 1. The van der Waals surface area contributed by atoms with Crippen molar-refractivity contribution in [1.82, 2.24) is 14.3 Å². The van der Waals surface area contributed by atoms with Gasteiger partial charge in [-0.2, -0.15) is 4.31 Å². The summed E-state index contributed by atoms with van der Waals surface area (Å²) < 4.78 is 23.8. The van der Waals surface area contributed by atoms with E-state index in [0.717, 1.165) is 17.3 Å². The predicted molar refractivity (Wildman–Crippen MR) is 67.4 cm³/mol. The van der Waals surface area contributed by atoms with Gasteiger partial charge in [0.05, 0.1) is 23.8 Å². The summed E-state index contributed by atoms with van der Waals surface area (Å²) >= 11 is 5.85. The second-order valence-corrected chi connectivity index (χ2v) is 6.39. The first-order valence-corrected chi connectivity index (χ1v) is 7.14. The zero-order valence-corrected chi connectivity index (χ0v) is 11.0. The SMILES string of the molecule is CN(Cc1nc2ccc(Cl)cc2[nH]1)S(C)(=O)=O. The second kappa shape index (κ2) is 4.29. The Morgan fingerprint density at radius 2 is 2.18 bits per heavy atom. The Labute approximate surface area is 104 Å². The number of hydrogen-bond donors (Lipinski definition) is 1. The van der Waals surface area contributed by atoms with Crippen molar-refractivity contribution >= 4 is 32.7 Å². The number of halogens is 1. The Morgan fingerprint density at radius 3 is 2.82 bits per heavy atom. The fourth-order valence-electron chi connectivity index (χ4n) is 1.44. The van der Waals surface area contributed by atoms with Crippen LogP contribution in [-0.4, -0.2) is 36.0 Å². The number of aromatic nitrogens is 2. The highest BCUT2D eigenvalue weighted by Crippen LogP contribution is 2.17. The van der Waals surface area contributed by atoms with Gasteiger partial charge in [0.1, 0.15) is 5.82 Å². The molecule has 0 amide bonds. The topological polar surface area (TPSA) is 66.1 Å². The van der Waals surface area contributed by atoms with Crippen LogP contribution >= 0.6 is 11.6 Å². The molecular weight excluding hydrogens is 262 g/mol. The van der Waals surface area contributed by atoms with Crippen LogP contribution in [0, 0.1) is 0 Å². The number of nitrogens with zero attached hydrogens (tertiary/aromatic N) is 2. The van der Waals surface area contributed by atoms with Gasteiger partial charge >= 0.3 is 0 Å². The third kappa shape index (κ3) is 2.77. The molecule has 0 saturated carbocycles. The lowest BCUT2D eigenvalue weighted by Crippen LogP contribution is -2.25. The number of aromatic amines is 1. The average molecular weight is 274 g/mol. The molecule has 0 radical (unpaired) electrons. The van der Waals surface area contributed by atoms with Crippen LogP contribution in [0.1, 0.15) is 5.82 Å². The zero-order valence-electron chi connectivity index (χ0n) is 9.44. The van der Waals surface area contributed by atoms with Crippen molar-refractivity contribution in [2.24, 2.45) is 0 Å². The molecule has 2 aromatic rings. The summed E-state index contributed by atoms with van der Waals surface area (Å²) in [5, 5.41) is 0.615. The Balaban J connectivity index is 2.32. The number of fused-ring (bicyclic) bond motifs is 1. The first kappa shape index (κ1) is 12.3. The van der Waals surface area contributed by atoms with Crippen molar-refractivity contribution in [3.63, 3.8) is 0 Å². The number of rotatable bonds is 3. The first-order chi connectivity index (χ1) is 7.86. The molecule has 1 aromatic heterocycles. The lowest BCUT2D eigenvalue weighted by Gasteiger charge is -2.11. The second-order valence-electron chi connectivity index (χ2n) is 3.86. The van der Waals surface area contributed by atoms with Gasteiger partial charge in [0.2, 0.25) is 10.0 Å². The van der Waals surface area contributed by atoms with E-state index in [0.29, 0.717) is 10.8 Å². The monoisotopic (exact) mass is 273 g/mol. The molecule has 2 rings (SSSR count). The van der Waals surface area contributed by atoms with Crippen molar-refractivity contribution in [3.05, 3.63) is 29.0 Å². The quantitative estimate of drug-likeness (QED) is 0.924. The van der Waals surface area contributed by atoms with Gasteiger partial charge in [-0.05, 0) is 18.2 Å². The Hall–Kier alpha value is -1.11. The molecule has 0 aliphatic carbocycles. The Kier molecular flexibility index (Phi) is 3.11. The molecule has 1 heterocycles. The van der Waals surface area contributed by atoms with Crippen LogP contribution in [0.25, 0.3) is 11.0 Å². The van der Waals surface area contributed by atoms with Crippen molar-refractivity contribution in [3.8, 4) is 0 Å². The summed E-state index contributed by atoms with van der Waals surface area (Å²) in [6.07, 6.45) is 1.16. The van der Waals surface area contributed by atoms with Gasteiger partial charge in [0.15, 0.2) is 0 Å². The number of nitrogens with one attached hydrogen (secondary N) is 1. The van der Waals surface area contributed by atoms with Crippen LogP contribution in [0.2, 0.25) is 5.02 Å². The minimum absolute atomic E-state index is 0.213. The number of benzene rings is 1. The lowest BCUT2D eigenvalue weighted by atomic mass is 10.3. The molecule has 0 aliphatic heterocycles. The largest absolute Gasteiger partial charge is 0.341 e. The van der Waals surface area contributed by atoms with E-state index in [-0.39, 0.29) is 6.54 Å². The van der Waals surface area contributed by atoms with Crippen molar-refractivity contribution in [1.29, 1.82) is 0 Å². The smallest absolute Gasteiger partial charge is 0.211 e. The highest BCUT2D eigenvalue weighted by atomic mass is 35.5. The van der Waals surface area contributed by atoms with E-state index >= 15 is 0 Å². The molecular formula is C10H12ClN3O2S. The van der Waals surface area contributed by atoms with E-state index in [1.165, 1.54) is 11.4 Å². The van der Waals surface area contributed by atoms with Gasteiger partial charge in [-0.1, -0.05) is 11.6 Å². The minimum atomic E-state index is -3.20. The third-order valence-electron chi connectivity index (χ3n) is 2.43. The van der Waals surface area contributed by atoms with Gasteiger partial charge in [0, 0.05) is 12.1 Å². The molecule has 0 spiro atoms. The molecule has 7 heteroatoms. The predicted octanol–water partition coefficient (Wildman–Crippen LogP) is 1.61. The normalized spacial score (nSPS) is 12.5. The van der Waals surface area contributed by atoms with Crippen LogP contribution in [0.15, 0.2) is 18.2 Å². The standard InChI is InChI=1S/C10H12ClN3O2S/c1-14(17(2,15)16)6-10-12-8-4-3-7(11)5-9(8)13-10/h3-5H,6H2,1-2H3,(H,12,13). The summed E-state index contributed by atoms with van der Waals surface area (Å²) in [6, 6.07) is 5.29. The fraction of sp³-hybridized carbons (Fsp3) is 0.300. The maximum atomic E-state index is 11.3. The molecule has 0 unspecified atom stereocenters. The van der Waals surface area contributed by atoms with Crippen LogP contribution in [0.3, 0.4) is 0 Å². The molecule has 0 fully saturated rings. The minimum Gasteiger partial charge on any atom is -0.341 e. The maximum absolute atomic E-state index is 11.3. The van der Waals surface area contributed by atoms with E-state index in [2.05, 4.69) is 9.97 Å². The summed E-state index contributed by atoms with van der Waals surface area (Å²) in [7, 11) is -1.69. The van der Waals surface area contributed by atoms with Gasteiger partial charge in [-0.15, -0.1) is 0 Å². The molecule has 92 valence electrons. The van der Waals surface area contributed by atoms with Gasteiger partial charge in [-0.25, -0.2) is 13.4 Å². The van der Waals surface area contributed by atoms with Crippen LogP contribution in [0.4, 0.5) is 0 Å².